The number of nitrogens with one attached hydrogen (secondary N) is 1. The van der Waals surface area contributed by atoms with Crippen LogP contribution in [-0.2, 0) is 0 Å². The number of fused-ring (bicyclic) bond motifs is 1. The number of halogens is 1. The van der Waals surface area contributed by atoms with Crippen LogP contribution in [0.4, 0.5) is 0 Å². The molecule has 6 heteroatoms. The lowest BCUT2D eigenvalue weighted by molar-refractivity contribution is 0.585. The van der Waals surface area contributed by atoms with Crippen LogP contribution in [0.25, 0.3) is 45.3 Å². The van der Waals surface area contributed by atoms with Gasteiger partial charge in [-0.25, -0.2) is 4.98 Å². The lowest BCUT2D eigenvalue weighted by Gasteiger charge is -2.02. The highest BCUT2D eigenvalue weighted by Crippen LogP contribution is 2.32. The van der Waals surface area contributed by atoms with E-state index in [1.807, 2.05) is 60.7 Å². The predicted molar refractivity (Wildman–Crippen MR) is 105 cm³/mol. The molecule has 1 N–H and O–H groups in total. The third kappa shape index (κ3) is 2.88. The number of hydrogen-bond donors (Lipinski definition) is 1. The van der Waals surface area contributed by atoms with Gasteiger partial charge in [0.25, 0.3) is 0 Å². The summed E-state index contributed by atoms with van der Waals surface area (Å²) in [6, 6.07) is 23.0. The van der Waals surface area contributed by atoms with Gasteiger partial charge in [0.05, 0.1) is 11.0 Å². The zero-order chi connectivity index (χ0) is 18.2. The Morgan fingerprint density at radius 2 is 1.44 bits per heavy atom. The van der Waals surface area contributed by atoms with Gasteiger partial charge in [-0.2, -0.15) is 0 Å². The maximum Gasteiger partial charge on any atom is 0.248 e. The normalized spacial score (nSPS) is 11.1. The molecule has 3 aromatic carbocycles. The summed E-state index contributed by atoms with van der Waals surface area (Å²) >= 11 is 5.95. The molecule has 0 unspecified atom stereocenters. The molecule has 0 bridgehead atoms. The molecule has 0 aliphatic heterocycles. The van der Waals surface area contributed by atoms with Crippen molar-refractivity contribution in [1.82, 2.24) is 20.2 Å². The molecule has 5 aromatic rings. The van der Waals surface area contributed by atoms with E-state index in [0.29, 0.717) is 16.8 Å². The fourth-order valence-corrected chi connectivity index (χ4v) is 3.12. The van der Waals surface area contributed by atoms with Crippen LogP contribution in [0.15, 0.2) is 77.2 Å². The van der Waals surface area contributed by atoms with Gasteiger partial charge in [-0.3, -0.25) is 0 Å². The summed E-state index contributed by atoms with van der Waals surface area (Å²) < 4.78 is 5.92. The third-order valence-corrected chi connectivity index (χ3v) is 4.57. The fourth-order valence-electron chi connectivity index (χ4n) is 3.00. The van der Waals surface area contributed by atoms with Crippen LogP contribution in [0.2, 0.25) is 5.02 Å². The minimum Gasteiger partial charge on any atom is -0.416 e. The average molecular weight is 373 g/mol. The standard InChI is InChI=1S/C21H13ClN4O/c22-14-11-9-13(10-12-14)20-25-26-21(27-20)16-6-2-1-5-15(16)19-23-17-7-3-4-8-18(17)24-19/h1-12H,(H,23,24). The molecule has 2 heterocycles. The summed E-state index contributed by atoms with van der Waals surface area (Å²) in [5, 5.41) is 9.07. The van der Waals surface area contributed by atoms with Crippen molar-refractivity contribution in [1.29, 1.82) is 0 Å². The first kappa shape index (κ1) is 15.8. The Kier molecular flexibility index (Phi) is 3.73. The summed E-state index contributed by atoms with van der Waals surface area (Å²) in [6.45, 7) is 0. The predicted octanol–water partition coefficient (Wildman–Crippen LogP) is 5.60. The Morgan fingerprint density at radius 1 is 0.741 bits per heavy atom. The largest absolute Gasteiger partial charge is 0.416 e. The van der Waals surface area contributed by atoms with Crippen LogP contribution in [0.3, 0.4) is 0 Å². The van der Waals surface area contributed by atoms with E-state index in [1.54, 1.807) is 12.1 Å². The number of nitrogens with zero attached hydrogens (tertiary/aromatic N) is 3. The second kappa shape index (κ2) is 6.37. The summed E-state index contributed by atoms with van der Waals surface area (Å²) in [4.78, 5) is 8.03. The van der Waals surface area contributed by atoms with Crippen molar-refractivity contribution < 1.29 is 4.42 Å². The number of hydrogen-bond acceptors (Lipinski definition) is 4. The van der Waals surface area contributed by atoms with E-state index in [4.69, 9.17) is 16.0 Å². The van der Waals surface area contributed by atoms with Crippen LogP contribution in [-0.4, -0.2) is 20.2 Å². The minimum absolute atomic E-state index is 0.441. The molecule has 5 nitrogen and oxygen atoms in total. The quantitative estimate of drug-likeness (QED) is 0.447. The average Bonchev–Trinajstić information content (AvgIpc) is 3.36. The Labute approximate surface area is 159 Å². The van der Waals surface area contributed by atoms with Crippen molar-refractivity contribution in [2.24, 2.45) is 0 Å². The number of para-hydroxylation sites is 2. The van der Waals surface area contributed by atoms with Gasteiger partial charge in [0.1, 0.15) is 5.82 Å². The first-order valence-corrected chi connectivity index (χ1v) is 8.80. The molecule has 0 spiro atoms. The second-order valence-corrected chi connectivity index (χ2v) is 6.50. The van der Waals surface area contributed by atoms with E-state index >= 15 is 0 Å². The van der Waals surface area contributed by atoms with Crippen molar-refractivity contribution in [3.63, 3.8) is 0 Å². The SMILES string of the molecule is Clc1ccc(-c2nnc(-c3ccccc3-c3nc4ccccc4[nH]3)o2)cc1. The van der Waals surface area contributed by atoms with Gasteiger partial charge in [0.2, 0.25) is 11.8 Å². The van der Waals surface area contributed by atoms with Crippen LogP contribution in [0.1, 0.15) is 0 Å². The number of aromatic amines is 1. The number of aromatic nitrogens is 4. The first-order chi connectivity index (χ1) is 13.3. The molecule has 0 amide bonds. The van der Waals surface area contributed by atoms with Crippen LogP contribution in [0, 0.1) is 0 Å². The molecule has 0 saturated carbocycles. The molecule has 2 aromatic heterocycles. The lowest BCUT2D eigenvalue weighted by atomic mass is 10.1. The van der Waals surface area contributed by atoms with E-state index in [0.717, 1.165) is 33.5 Å². The van der Waals surface area contributed by atoms with Crippen molar-refractivity contribution in [2.45, 2.75) is 0 Å². The van der Waals surface area contributed by atoms with Crippen molar-refractivity contribution in [2.75, 3.05) is 0 Å². The monoisotopic (exact) mass is 372 g/mol. The van der Waals surface area contributed by atoms with Gasteiger partial charge >= 0.3 is 0 Å². The highest BCUT2D eigenvalue weighted by Gasteiger charge is 2.16. The molecule has 27 heavy (non-hydrogen) atoms. The topological polar surface area (TPSA) is 67.6 Å². The molecule has 0 radical (unpaired) electrons. The number of rotatable bonds is 3. The van der Waals surface area contributed by atoms with E-state index in [-0.39, 0.29) is 0 Å². The highest BCUT2D eigenvalue weighted by molar-refractivity contribution is 6.30. The zero-order valence-corrected chi connectivity index (χ0v) is 14.8. The molecule has 0 aliphatic rings. The highest BCUT2D eigenvalue weighted by atomic mass is 35.5. The van der Waals surface area contributed by atoms with Gasteiger partial charge in [-0.15, -0.1) is 10.2 Å². The van der Waals surface area contributed by atoms with E-state index in [9.17, 15) is 0 Å². The van der Waals surface area contributed by atoms with Crippen molar-refractivity contribution in [3.8, 4) is 34.3 Å². The van der Waals surface area contributed by atoms with Gasteiger partial charge in [-0.05, 0) is 42.5 Å². The summed E-state index contributed by atoms with van der Waals surface area (Å²) in [5.74, 6) is 1.65. The molecule has 5 rings (SSSR count). The lowest BCUT2D eigenvalue weighted by Crippen LogP contribution is -1.87. The summed E-state index contributed by atoms with van der Waals surface area (Å²) in [5.41, 5.74) is 4.44. The molecular formula is C21H13ClN4O. The van der Waals surface area contributed by atoms with Gasteiger partial charge in [0, 0.05) is 21.7 Å². The zero-order valence-electron chi connectivity index (χ0n) is 14.1. The Morgan fingerprint density at radius 3 is 2.26 bits per heavy atom. The van der Waals surface area contributed by atoms with E-state index in [1.165, 1.54) is 0 Å². The Balaban J connectivity index is 1.59. The molecule has 0 saturated heterocycles. The number of imidazole rings is 1. The number of H-pyrrole nitrogens is 1. The summed E-state index contributed by atoms with van der Waals surface area (Å²) in [6.07, 6.45) is 0. The van der Waals surface area contributed by atoms with Crippen molar-refractivity contribution in [3.05, 3.63) is 77.8 Å². The van der Waals surface area contributed by atoms with E-state index < -0.39 is 0 Å². The second-order valence-electron chi connectivity index (χ2n) is 6.07. The summed E-state index contributed by atoms with van der Waals surface area (Å²) in [7, 11) is 0. The number of benzene rings is 3. The fraction of sp³-hybridized carbons (Fsp3) is 0. The third-order valence-electron chi connectivity index (χ3n) is 4.32. The van der Waals surface area contributed by atoms with Gasteiger partial charge < -0.3 is 9.40 Å². The van der Waals surface area contributed by atoms with Crippen LogP contribution in [0.5, 0.6) is 0 Å². The van der Waals surface area contributed by atoms with Gasteiger partial charge in [-0.1, -0.05) is 41.9 Å². The van der Waals surface area contributed by atoms with Crippen molar-refractivity contribution >= 4 is 22.6 Å². The molecule has 0 fully saturated rings. The minimum atomic E-state index is 0.441. The van der Waals surface area contributed by atoms with Crippen LogP contribution >= 0.6 is 11.6 Å². The first-order valence-electron chi connectivity index (χ1n) is 8.42. The Bertz CT molecular complexity index is 1210. The molecule has 130 valence electrons. The molecular weight excluding hydrogens is 360 g/mol. The smallest absolute Gasteiger partial charge is 0.248 e. The molecule has 0 atom stereocenters. The van der Waals surface area contributed by atoms with Crippen LogP contribution < -0.4 is 0 Å². The maximum atomic E-state index is 5.95. The Hall–Kier alpha value is -3.44. The molecule has 0 aliphatic carbocycles. The van der Waals surface area contributed by atoms with Gasteiger partial charge in [0.15, 0.2) is 0 Å². The van der Waals surface area contributed by atoms with E-state index in [2.05, 4.69) is 20.2 Å². The maximum absolute atomic E-state index is 5.95.